The van der Waals surface area contributed by atoms with E-state index in [2.05, 4.69) is 14.8 Å². The molecule has 7 nitrogen and oxygen atoms in total. The van der Waals surface area contributed by atoms with Crippen LogP contribution in [0.4, 0.5) is 11.4 Å². The summed E-state index contributed by atoms with van der Waals surface area (Å²) < 4.78 is 54.2. The molecular formula is C22H31N3O4S2. The van der Waals surface area contributed by atoms with E-state index in [9.17, 15) is 16.8 Å². The van der Waals surface area contributed by atoms with Crippen LogP contribution in [-0.4, -0.2) is 34.7 Å². The highest BCUT2D eigenvalue weighted by atomic mass is 32.2. The number of benzene rings is 2. The van der Waals surface area contributed by atoms with E-state index < -0.39 is 25.3 Å². The quantitative estimate of drug-likeness (QED) is 0.523. The number of sulfonamides is 2. The second-order valence-corrected chi connectivity index (χ2v) is 12.3. The lowest BCUT2D eigenvalue weighted by Crippen LogP contribution is -2.41. The summed E-state index contributed by atoms with van der Waals surface area (Å²) in [6, 6.07) is 15.5. The molecule has 3 N–H and O–H groups in total. The van der Waals surface area contributed by atoms with Gasteiger partial charge in [0.2, 0.25) is 10.0 Å². The van der Waals surface area contributed by atoms with Gasteiger partial charge in [-0.05, 0) is 81.8 Å². The molecule has 0 heterocycles. The summed E-state index contributed by atoms with van der Waals surface area (Å²) in [5.41, 5.74) is 1.43. The molecule has 1 aliphatic carbocycles. The maximum absolute atomic E-state index is 12.4. The van der Waals surface area contributed by atoms with Gasteiger partial charge in [-0.1, -0.05) is 18.2 Å². The third-order valence-corrected chi connectivity index (χ3v) is 8.88. The molecule has 0 aromatic heterocycles. The van der Waals surface area contributed by atoms with E-state index in [1.807, 2.05) is 12.1 Å². The van der Waals surface area contributed by atoms with Crippen molar-refractivity contribution < 1.29 is 16.8 Å². The van der Waals surface area contributed by atoms with E-state index in [4.69, 9.17) is 0 Å². The van der Waals surface area contributed by atoms with Crippen molar-refractivity contribution in [2.24, 2.45) is 5.92 Å². The lowest BCUT2D eigenvalue weighted by atomic mass is 9.86. The Morgan fingerprint density at radius 1 is 0.839 bits per heavy atom. The van der Waals surface area contributed by atoms with Gasteiger partial charge in [-0.25, -0.2) is 21.6 Å². The number of hydrogen-bond donors (Lipinski definition) is 3. The highest BCUT2D eigenvalue weighted by Gasteiger charge is 2.26. The number of nitrogens with one attached hydrogen (secondary N) is 3. The largest absolute Gasteiger partial charge is 0.385 e. The Bertz CT molecular complexity index is 1050. The first kappa shape index (κ1) is 23.6. The van der Waals surface area contributed by atoms with Gasteiger partial charge in [0, 0.05) is 24.0 Å². The Morgan fingerprint density at radius 2 is 1.42 bits per heavy atom. The summed E-state index contributed by atoms with van der Waals surface area (Å²) in [5, 5.41) is 2.99. The Kier molecular flexibility index (Phi) is 7.61. The summed E-state index contributed by atoms with van der Waals surface area (Å²) in [4.78, 5) is 0.225. The first-order chi connectivity index (χ1) is 14.7. The molecule has 0 unspecified atom stereocenters. The summed E-state index contributed by atoms with van der Waals surface area (Å²) in [6.07, 6.45) is 3.62. The Balaban J connectivity index is 1.46. The van der Waals surface area contributed by atoms with E-state index in [1.54, 1.807) is 56.3 Å². The van der Waals surface area contributed by atoms with E-state index in [0.717, 1.165) is 37.9 Å². The van der Waals surface area contributed by atoms with Gasteiger partial charge < -0.3 is 5.32 Å². The maximum atomic E-state index is 12.4. The van der Waals surface area contributed by atoms with Gasteiger partial charge in [0.25, 0.3) is 10.0 Å². The van der Waals surface area contributed by atoms with Crippen molar-refractivity contribution in [2.75, 3.05) is 16.6 Å². The molecular weight excluding hydrogens is 434 g/mol. The number of hydrogen-bond acceptors (Lipinski definition) is 5. The molecule has 3 rings (SSSR count). The SMILES string of the molecule is CC(C)S(=O)(=O)NC1CCC(CNc2ccc(NS(=O)(=O)c3ccccc3)cc2)CC1. The fourth-order valence-electron chi connectivity index (χ4n) is 3.58. The van der Waals surface area contributed by atoms with Gasteiger partial charge in [-0.15, -0.1) is 0 Å². The van der Waals surface area contributed by atoms with Crippen molar-refractivity contribution in [3.63, 3.8) is 0 Å². The van der Waals surface area contributed by atoms with Crippen LogP contribution in [0.2, 0.25) is 0 Å². The molecule has 9 heteroatoms. The van der Waals surface area contributed by atoms with Crippen molar-refractivity contribution in [2.45, 2.75) is 55.7 Å². The summed E-state index contributed by atoms with van der Waals surface area (Å²) in [5.74, 6) is 0.482. The Morgan fingerprint density at radius 3 is 2.00 bits per heavy atom. The first-order valence-corrected chi connectivity index (χ1v) is 13.6. The fraction of sp³-hybridized carbons (Fsp3) is 0.455. The van der Waals surface area contributed by atoms with Crippen LogP contribution in [0.25, 0.3) is 0 Å². The third kappa shape index (κ3) is 6.69. The van der Waals surface area contributed by atoms with Crippen LogP contribution in [0.3, 0.4) is 0 Å². The normalized spacial score (nSPS) is 19.8. The van der Waals surface area contributed by atoms with Crippen LogP contribution in [0.1, 0.15) is 39.5 Å². The van der Waals surface area contributed by atoms with Gasteiger partial charge in [0.1, 0.15) is 0 Å². The average Bonchev–Trinajstić information content (AvgIpc) is 2.74. The van der Waals surface area contributed by atoms with Crippen LogP contribution in [0, 0.1) is 5.92 Å². The van der Waals surface area contributed by atoms with Gasteiger partial charge >= 0.3 is 0 Å². The zero-order chi connectivity index (χ0) is 22.5. The lowest BCUT2D eigenvalue weighted by Gasteiger charge is -2.29. The number of rotatable bonds is 9. The smallest absolute Gasteiger partial charge is 0.261 e. The molecule has 0 atom stereocenters. The summed E-state index contributed by atoms with van der Waals surface area (Å²) in [7, 11) is -6.82. The minimum absolute atomic E-state index is 0.0283. The van der Waals surface area contributed by atoms with Crippen LogP contribution in [0.15, 0.2) is 59.5 Å². The molecule has 0 spiro atoms. The second kappa shape index (κ2) is 10.0. The van der Waals surface area contributed by atoms with Gasteiger partial charge in [-0.2, -0.15) is 0 Å². The molecule has 1 aliphatic rings. The highest BCUT2D eigenvalue weighted by molar-refractivity contribution is 7.92. The van der Waals surface area contributed by atoms with Crippen LogP contribution >= 0.6 is 0 Å². The topological polar surface area (TPSA) is 104 Å². The second-order valence-electron chi connectivity index (χ2n) is 8.31. The van der Waals surface area contributed by atoms with E-state index in [0.29, 0.717) is 11.6 Å². The zero-order valence-electron chi connectivity index (χ0n) is 17.9. The molecule has 2 aromatic rings. The van der Waals surface area contributed by atoms with E-state index in [1.165, 1.54) is 0 Å². The Hall–Kier alpha value is -2.10. The van der Waals surface area contributed by atoms with E-state index in [-0.39, 0.29) is 10.9 Å². The summed E-state index contributed by atoms with van der Waals surface area (Å²) in [6.45, 7) is 4.18. The molecule has 31 heavy (non-hydrogen) atoms. The molecule has 0 amide bonds. The van der Waals surface area contributed by atoms with Gasteiger partial charge in [0.05, 0.1) is 10.1 Å². The van der Waals surface area contributed by atoms with Crippen molar-refractivity contribution in [1.82, 2.24) is 4.72 Å². The molecule has 1 fully saturated rings. The minimum Gasteiger partial charge on any atom is -0.385 e. The van der Waals surface area contributed by atoms with Crippen LogP contribution in [-0.2, 0) is 20.0 Å². The first-order valence-electron chi connectivity index (χ1n) is 10.6. The fourth-order valence-corrected chi connectivity index (χ4v) is 5.64. The zero-order valence-corrected chi connectivity index (χ0v) is 19.5. The predicted molar refractivity (Wildman–Crippen MR) is 125 cm³/mol. The minimum atomic E-state index is -3.60. The van der Waals surface area contributed by atoms with Gasteiger partial charge in [-0.3, -0.25) is 4.72 Å². The molecule has 0 radical (unpaired) electrons. The monoisotopic (exact) mass is 465 g/mol. The molecule has 0 saturated heterocycles. The van der Waals surface area contributed by atoms with E-state index >= 15 is 0 Å². The van der Waals surface area contributed by atoms with Crippen molar-refractivity contribution >= 4 is 31.4 Å². The predicted octanol–water partition coefficient (Wildman–Crippen LogP) is 3.79. The highest BCUT2D eigenvalue weighted by Crippen LogP contribution is 2.26. The maximum Gasteiger partial charge on any atom is 0.261 e. The van der Waals surface area contributed by atoms with Crippen LogP contribution < -0.4 is 14.8 Å². The summed E-state index contributed by atoms with van der Waals surface area (Å²) >= 11 is 0. The van der Waals surface area contributed by atoms with Crippen molar-refractivity contribution in [3.8, 4) is 0 Å². The van der Waals surface area contributed by atoms with Gasteiger partial charge in [0.15, 0.2) is 0 Å². The van der Waals surface area contributed by atoms with Crippen molar-refractivity contribution in [3.05, 3.63) is 54.6 Å². The molecule has 2 aromatic carbocycles. The third-order valence-electron chi connectivity index (χ3n) is 5.58. The molecule has 0 bridgehead atoms. The molecule has 0 aliphatic heterocycles. The molecule has 170 valence electrons. The van der Waals surface area contributed by atoms with Crippen molar-refractivity contribution in [1.29, 1.82) is 0 Å². The van der Waals surface area contributed by atoms with Crippen LogP contribution in [0.5, 0.6) is 0 Å². The standard InChI is InChI=1S/C22H31N3O4S2/c1-17(2)30(26,27)24-20-10-8-18(9-11-20)16-23-19-12-14-21(15-13-19)25-31(28,29)22-6-4-3-5-7-22/h3-7,12-15,17-18,20,23-25H,8-11,16H2,1-2H3. The number of anilines is 2. The lowest BCUT2D eigenvalue weighted by molar-refractivity contribution is 0.323. The molecule has 1 saturated carbocycles. The average molecular weight is 466 g/mol. The Labute approximate surface area is 185 Å².